The Morgan fingerprint density at radius 2 is 2.09 bits per heavy atom. The summed E-state index contributed by atoms with van der Waals surface area (Å²) in [5.74, 6) is -0.910. The molecule has 1 aromatic carbocycles. The predicted octanol–water partition coefficient (Wildman–Crippen LogP) is 3.13. The number of rotatable bonds is 3. The standard InChI is InChI=1S/C15H18Cl2N2O3/c1-9-4-2-3-5-19(9)13(20)8-22-15(21)11-6-10(16)7-12(17)14(11)18/h6-7,9H,2-5,8,18H2,1H3/t9-/m1/s1. The van der Waals surface area contributed by atoms with Crippen LogP contribution >= 0.6 is 23.2 Å². The van der Waals surface area contributed by atoms with Crippen LogP contribution in [0.2, 0.25) is 10.0 Å². The van der Waals surface area contributed by atoms with Gasteiger partial charge in [0, 0.05) is 17.6 Å². The van der Waals surface area contributed by atoms with Crippen LogP contribution in [0.5, 0.6) is 0 Å². The Labute approximate surface area is 139 Å². The molecule has 0 bridgehead atoms. The van der Waals surface area contributed by atoms with Crippen molar-refractivity contribution in [1.29, 1.82) is 0 Å². The molecule has 7 heteroatoms. The van der Waals surface area contributed by atoms with Crippen molar-refractivity contribution in [2.45, 2.75) is 32.2 Å². The molecule has 2 N–H and O–H groups in total. The van der Waals surface area contributed by atoms with Gasteiger partial charge in [0.25, 0.3) is 5.91 Å². The van der Waals surface area contributed by atoms with E-state index in [1.165, 1.54) is 12.1 Å². The van der Waals surface area contributed by atoms with Crippen molar-refractivity contribution in [2.75, 3.05) is 18.9 Å². The molecule has 0 spiro atoms. The Bertz CT molecular complexity index is 592. The number of ether oxygens (including phenoxy) is 1. The second-order valence-electron chi connectivity index (χ2n) is 5.36. The first kappa shape index (κ1) is 16.9. The molecule has 5 nitrogen and oxygen atoms in total. The van der Waals surface area contributed by atoms with E-state index in [1.54, 1.807) is 4.90 Å². The molecule has 1 amide bonds. The van der Waals surface area contributed by atoms with Crippen molar-refractivity contribution in [3.63, 3.8) is 0 Å². The Morgan fingerprint density at radius 1 is 1.36 bits per heavy atom. The van der Waals surface area contributed by atoms with Crippen molar-refractivity contribution in [3.8, 4) is 0 Å². The van der Waals surface area contributed by atoms with E-state index in [0.717, 1.165) is 19.3 Å². The van der Waals surface area contributed by atoms with Gasteiger partial charge in [-0.25, -0.2) is 4.79 Å². The number of amides is 1. The summed E-state index contributed by atoms with van der Waals surface area (Å²) >= 11 is 11.7. The van der Waals surface area contributed by atoms with Crippen molar-refractivity contribution in [2.24, 2.45) is 0 Å². The second kappa shape index (κ2) is 7.20. The van der Waals surface area contributed by atoms with E-state index in [1.807, 2.05) is 6.92 Å². The third kappa shape index (κ3) is 3.84. The average molecular weight is 345 g/mol. The van der Waals surface area contributed by atoms with Gasteiger partial charge in [-0.2, -0.15) is 0 Å². The highest BCUT2D eigenvalue weighted by Crippen LogP contribution is 2.28. The van der Waals surface area contributed by atoms with Crippen LogP contribution in [0, 0.1) is 0 Å². The molecular weight excluding hydrogens is 327 g/mol. The van der Waals surface area contributed by atoms with E-state index in [9.17, 15) is 9.59 Å². The molecule has 1 aliphatic rings. The van der Waals surface area contributed by atoms with Gasteiger partial charge >= 0.3 is 5.97 Å². The molecule has 0 aromatic heterocycles. The summed E-state index contributed by atoms with van der Waals surface area (Å²) in [5, 5.41) is 0.456. The number of benzene rings is 1. The lowest BCUT2D eigenvalue weighted by Gasteiger charge is -2.33. The van der Waals surface area contributed by atoms with Crippen molar-refractivity contribution >= 4 is 40.8 Å². The van der Waals surface area contributed by atoms with Gasteiger partial charge in [0.15, 0.2) is 6.61 Å². The Balaban J connectivity index is 1.99. The number of hydrogen-bond donors (Lipinski definition) is 1. The molecule has 1 heterocycles. The first-order chi connectivity index (χ1) is 10.4. The van der Waals surface area contributed by atoms with E-state index in [-0.39, 0.29) is 39.9 Å². The molecule has 2 rings (SSSR count). The van der Waals surface area contributed by atoms with E-state index in [2.05, 4.69) is 0 Å². The molecule has 1 saturated heterocycles. The summed E-state index contributed by atoms with van der Waals surface area (Å²) in [4.78, 5) is 25.9. The molecule has 0 aliphatic carbocycles. The third-order valence-electron chi connectivity index (χ3n) is 3.76. The van der Waals surface area contributed by atoms with Crippen LogP contribution in [0.3, 0.4) is 0 Å². The van der Waals surface area contributed by atoms with Gasteiger partial charge < -0.3 is 15.4 Å². The molecule has 1 fully saturated rings. The van der Waals surface area contributed by atoms with Gasteiger partial charge in [0.2, 0.25) is 0 Å². The van der Waals surface area contributed by atoms with Crippen molar-refractivity contribution < 1.29 is 14.3 Å². The van der Waals surface area contributed by atoms with Gasteiger partial charge in [-0.05, 0) is 38.3 Å². The molecule has 0 saturated carbocycles. The monoisotopic (exact) mass is 344 g/mol. The zero-order chi connectivity index (χ0) is 16.3. The number of esters is 1. The Kier molecular flexibility index (Phi) is 5.53. The fourth-order valence-corrected chi connectivity index (χ4v) is 3.00. The van der Waals surface area contributed by atoms with Gasteiger partial charge in [-0.3, -0.25) is 4.79 Å². The van der Waals surface area contributed by atoms with Crippen LogP contribution in [0.1, 0.15) is 36.5 Å². The van der Waals surface area contributed by atoms with Gasteiger partial charge in [0.05, 0.1) is 16.3 Å². The summed E-state index contributed by atoms with van der Waals surface area (Å²) in [6.07, 6.45) is 3.06. The number of carbonyl (C=O) groups excluding carboxylic acids is 2. The predicted molar refractivity (Wildman–Crippen MR) is 86.2 cm³/mol. The third-order valence-corrected chi connectivity index (χ3v) is 4.30. The Morgan fingerprint density at radius 3 is 2.77 bits per heavy atom. The highest BCUT2D eigenvalue weighted by Gasteiger charge is 2.24. The summed E-state index contributed by atoms with van der Waals surface area (Å²) in [6, 6.07) is 2.99. The minimum Gasteiger partial charge on any atom is -0.452 e. The molecule has 120 valence electrons. The van der Waals surface area contributed by atoms with Crippen LogP contribution in [0.4, 0.5) is 5.69 Å². The zero-order valence-electron chi connectivity index (χ0n) is 12.3. The lowest BCUT2D eigenvalue weighted by molar-refractivity contribution is -0.137. The molecule has 1 aromatic rings. The highest BCUT2D eigenvalue weighted by atomic mass is 35.5. The average Bonchev–Trinajstić information content (AvgIpc) is 2.48. The number of piperidine rings is 1. The SMILES string of the molecule is C[C@@H]1CCCCN1C(=O)COC(=O)c1cc(Cl)cc(Cl)c1N. The van der Waals surface area contributed by atoms with Crippen LogP contribution in [-0.4, -0.2) is 36.0 Å². The van der Waals surface area contributed by atoms with Crippen LogP contribution in [0.25, 0.3) is 0 Å². The van der Waals surface area contributed by atoms with Gasteiger partial charge in [0.1, 0.15) is 0 Å². The first-order valence-electron chi connectivity index (χ1n) is 7.11. The lowest BCUT2D eigenvalue weighted by Crippen LogP contribution is -2.44. The maximum absolute atomic E-state index is 12.1. The molecular formula is C15H18Cl2N2O3. The zero-order valence-corrected chi connectivity index (χ0v) is 13.8. The van der Waals surface area contributed by atoms with Crippen LogP contribution < -0.4 is 5.73 Å². The molecule has 1 atom stereocenters. The topological polar surface area (TPSA) is 72.6 Å². The maximum atomic E-state index is 12.1. The normalized spacial score (nSPS) is 18.1. The second-order valence-corrected chi connectivity index (χ2v) is 6.20. The number of nitrogen functional groups attached to an aromatic ring is 1. The van der Waals surface area contributed by atoms with Gasteiger partial charge in [-0.15, -0.1) is 0 Å². The molecule has 0 radical (unpaired) electrons. The lowest BCUT2D eigenvalue weighted by atomic mass is 10.0. The summed E-state index contributed by atoms with van der Waals surface area (Å²) in [7, 11) is 0. The van der Waals surface area contributed by atoms with Crippen LogP contribution in [0.15, 0.2) is 12.1 Å². The largest absolute Gasteiger partial charge is 0.452 e. The number of likely N-dealkylation sites (tertiary alicyclic amines) is 1. The molecule has 1 aliphatic heterocycles. The number of anilines is 1. The maximum Gasteiger partial charge on any atom is 0.340 e. The summed E-state index contributed by atoms with van der Waals surface area (Å²) in [6.45, 7) is 2.38. The number of carbonyl (C=O) groups is 2. The first-order valence-corrected chi connectivity index (χ1v) is 7.87. The number of hydrogen-bond acceptors (Lipinski definition) is 4. The minimum absolute atomic E-state index is 0.0667. The fraction of sp³-hybridized carbons (Fsp3) is 0.467. The van der Waals surface area contributed by atoms with E-state index < -0.39 is 5.97 Å². The summed E-state index contributed by atoms with van der Waals surface area (Å²) in [5.41, 5.74) is 5.90. The number of nitrogens with two attached hydrogens (primary N) is 1. The smallest absolute Gasteiger partial charge is 0.340 e. The number of halogens is 2. The van der Waals surface area contributed by atoms with E-state index in [4.69, 9.17) is 33.7 Å². The highest BCUT2D eigenvalue weighted by molar-refractivity contribution is 6.37. The van der Waals surface area contributed by atoms with Gasteiger partial charge in [-0.1, -0.05) is 23.2 Å². The molecule has 22 heavy (non-hydrogen) atoms. The van der Waals surface area contributed by atoms with E-state index >= 15 is 0 Å². The molecule has 0 unspecified atom stereocenters. The Hall–Kier alpha value is -1.46. The van der Waals surface area contributed by atoms with Crippen molar-refractivity contribution in [3.05, 3.63) is 27.7 Å². The number of nitrogens with zero attached hydrogens (tertiary/aromatic N) is 1. The van der Waals surface area contributed by atoms with E-state index in [0.29, 0.717) is 6.54 Å². The van der Waals surface area contributed by atoms with Crippen molar-refractivity contribution in [1.82, 2.24) is 4.90 Å². The fourth-order valence-electron chi connectivity index (χ4n) is 2.51. The van der Waals surface area contributed by atoms with Crippen LogP contribution in [-0.2, 0) is 9.53 Å². The minimum atomic E-state index is -0.708. The quantitative estimate of drug-likeness (QED) is 0.675. The summed E-state index contributed by atoms with van der Waals surface area (Å²) < 4.78 is 5.05.